The monoisotopic (exact) mass is 340 g/mol. The summed E-state index contributed by atoms with van der Waals surface area (Å²) < 4.78 is 7.45. The average molecular weight is 340 g/mol. The fourth-order valence-electron chi connectivity index (χ4n) is 3.28. The molecule has 0 aliphatic carbocycles. The maximum Gasteiger partial charge on any atom is 0.137 e. The van der Waals surface area contributed by atoms with Crippen molar-refractivity contribution in [3.05, 3.63) is 84.9 Å². The molecule has 3 aromatic heterocycles. The predicted octanol–water partition coefficient (Wildman–Crippen LogP) is 4.91. The van der Waals surface area contributed by atoms with E-state index in [1.54, 1.807) is 6.26 Å². The summed E-state index contributed by atoms with van der Waals surface area (Å²) in [6, 6.07) is 20.1. The Morgan fingerprint density at radius 3 is 2.73 bits per heavy atom. The summed E-state index contributed by atoms with van der Waals surface area (Å²) in [4.78, 5) is 4.74. The lowest BCUT2D eigenvalue weighted by molar-refractivity contribution is 0.282. The van der Waals surface area contributed by atoms with E-state index in [4.69, 9.17) is 9.40 Å². The van der Waals surface area contributed by atoms with E-state index in [9.17, 15) is 5.11 Å². The van der Waals surface area contributed by atoms with Crippen LogP contribution in [0.15, 0.2) is 83.7 Å². The molecular weight excluding hydrogens is 324 g/mol. The molecular formula is C22H16N2O2. The van der Waals surface area contributed by atoms with Crippen LogP contribution in [0.5, 0.6) is 0 Å². The quantitative estimate of drug-likeness (QED) is 0.508. The number of furan rings is 1. The number of aromatic nitrogens is 2. The van der Waals surface area contributed by atoms with Crippen LogP contribution >= 0.6 is 0 Å². The normalized spacial score (nSPS) is 11.4. The molecule has 5 rings (SSSR count). The summed E-state index contributed by atoms with van der Waals surface area (Å²) in [6.07, 6.45) is 5.81. The Bertz CT molecular complexity index is 1230. The van der Waals surface area contributed by atoms with E-state index in [1.165, 1.54) is 0 Å². The number of rotatable bonds is 3. The van der Waals surface area contributed by atoms with E-state index >= 15 is 0 Å². The van der Waals surface area contributed by atoms with Crippen molar-refractivity contribution >= 4 is 16.6 Å². The van der Waals surface area contributed by atoms with Gasteiger partial charge in [-0.3, -0.25) is 0 Å². The number of aliphatic hydroxyl groups is 1. The number of pyridine rings is 1. The molecule has 3 heterocycles. The second-order valence-electron chi connectivity index (χ2n) is 6.34. The van der Waals surface area contributed by atoms with Gasteiger partial charge in [-0.15, -0.1) is 0 Å². The Balaban J connectivity index is 1.59. The van der Waals surface area contributed by atoms with Crippen molar-refractivity contribution in [3.63, 3.8) is 0 Å². The molecule has 5 aromatic rings. The third-order valence-corrected chi connectivity index (χ3v) is 4.64. The zero-order valence-corrected chi connectivity index (χ0v) is 14.0. The number of imidazole rings is 1. The largest absolute Gasteiger partial charge is 0.464 e. The van der Waals surface area contributed by atoms with Crippen LogP contribution in [-0.2, 0) is 6.61 Å². The first-order valence-electron chi connectivity index (χ1n) is 8.47. The molecule has 1 N–H and O–H groups in total. The van der Waals surface area contributed by atoms with E-state index in [2.05, 4.69) is 18.3 Å². The van der Waals surface area contributed by atoms with E-state index in [1.807, 2.05) is 59.1 Å². The van der Waals surface area contributed by atoms with Crippen LogP contribution in [0.25, 0.3) is 39.0 Å². The second-order valence-corrected chi connectivity index (χ2v) is 6.34. The van der Waals surface area contributed by atoms with Crippen LogP contribution in [0.2, 0.25) is 0 Å². The van der Waals surface area contributed by atoms with Gasteiger partial charge < -0.3 is 13.9 Å². The van der Waals surface area contributed by atoms with Crippen LogP contribution < -0.4 is 0 Å². The first kappa shape index (κ1) is 14.9. The maximum atomic E-state index is 9.35. The number of fused-ring (bicyclic) bond motifs is 2. The van der Waals surface area contributed by atoms with Gasteiger partial charge in [0.05, 0.1) is 18.6 Å². The Labute approximate surface area is 150 Å². The van der Waals surface area contributed by atoms with Gasteiger partial charge in [0.15, 0.2) is 0 Å². The zero-order valence-electron chi connectivity index (χ0n) is 14.0. The number of hydrogen-bond donors (Lipinski definition) is 1. The fourth-order valence-corrected chi connectivity index (χ4v) is 3.28. The van der Waals surface area contributed by atoms with Crippen LogP contribution in [-0.4, -0.2) is 14.5 Å². The van der Waals surface area contributed by atoms with Gasteiger partial charge in [-0.1, -0.05) is 18.2 Å². The van der Waals surface area contributed by atoms with Gasteiger partial charge >= 0.3 is 0 Å². The van der Waals surface area contributed by atoms with Gasteiger partial charge in [0.25, 0.3) is 0 Å². The summed E-state index contributed by atoms with van der Waals surface area (Å²) in [5.74, 6) is 0. The molecule has 0 spiro atoms. The lowest BCUT2D eigenvalue weighted by Gasteiger charge is -2.04. The summed E-state index contributed by atoms with van der Waals surface area (Å²) in [7, 11) is 0. The minimum absolute atomic E-state index is 0.0434. The molecule has 126 valence electrons. The van der Waals surface area contributed by atoms with Crippen molar-refractivity contribution in [2.75, 3.05) is 0 Å². The molecule has 2 aromatic carbocycles. The molecule has 26 heavy (non-hydrogen) atoms. The van der Waals surface area contributed by atoms with Crippen molar-refractivity contribution in [3.8, 4) is 22.4 Å². The average Bonchev–Trinajstić information content (AvgIpc) is 3.33. The Kier molecular flexibility index (Phi) is 3.37. The highest BCUT2D eigenvalue weighted by molar-refractivity contribution is 5.83. The second kappa shape index (κ2) is 5.86. The zero-order chi connectivity index (χ0) is 17.5. The van der Waals surface area contributed by atoms with E-state index in [-0.39, 0.29) is 6.61 Å². The number of benzene rings is 2. The van der Waals surface area contributed by atoms with Crippen molar-refractivity contribution in [1.29, 1.82) is 0 Å². The highest BCUT2D eigenvalue weighted by Crippen LogP contribution is 2.26. The Morgan fingerprint density at radius 2 is 1.81 bits per heavy atom. The first-order chi connectivity index (χ1) is 12.8. The van der Waals surface area contributed by atoms with Gasteiger partial charge in [0, 0.05) is 23.3 Å². The Hall–Kier alpha value is -3.37. The van der Waals surface area contributed by atoms with Gasteiger partial charge in [-0.05, 0) is 59.2 Å². The molecule has 0 fully saturated rings. The van der Waals surface area contributed by atoms with Gasteiger partial charge in [0.2, 0.25) is 0 Å². The molecule has 4 heteroatoms. The maximum absolute atomic E-state index is 9.35. The molecule has 0 amide bonds. The lowest BCUT2D eigenvalue weighted by Crippen LogP contribution is -1.87. The van der Waals surface area contributed by atoms with Gasteiger partial charge in [-0.2, -0.15) is 0 Å². The van der Waals surface area contributed by atoms with E-state index in [0.29, 0.717) is 0 Å². The lowest BCUT2D eigenvalue weighted by atomic mass is 10.1. The Morgan fingerprint density at radius 1 is 0.885 bits per heavy atom. The topological polar surface area (TPSA) is 50.7 Å². The van der Waals surface area contributed by atoms with Crippen molar-refractivity contribution in [1.82, 2.24) is 9.38 Å². The summed E-state index contributed by atoms with van der Waals surface area (Å²) >= 11 is 0. The number of aliphatic hydroxyl groups excluding tert-OH is 1. The molecule has 0 unspecified atom stereocenters. The molecule has 4 nitrogen and oxygen atoms in total. The molecule has 0 aliphatic rings. The summed E-state index contributed by atoms with van der Waals surface area (Å²) in [5, 5.41) is 10.4. The predicted molar refractivity (Wildman–Crippen MR) is 102 cm³/mol. The summed E-state index contributed by atoms with van der Waals surface area (Å²) in [6.45, 7) is 0.0434. The van der Waals surface area contributed by atoms with E-state index < -0.39 is 0 Å². The molecule has 0 saturated heterocycles. The van der Waals surface area contributed by atoms with Crippen molar-refractivity contribution < 1.29 is 9.52 Å². The number of nitrogens with zero attached hydrogens (tertiary/aromatic N) is 2. The minimum atomic E-state index is 0.0434. The molecule has 0 radical (unpaired) electrons. The highest BCUT2D eigenvalue weighted by atomic mass is 16.3. The smallest absolute Gasteiger partial charge is 0.137 e. The third-order valence-electron chi connectivity index (χ3n) is 4.64. The molecule has 0 bridgehead atoms. The minimum Gasteiger partial charge on any atom is -0.464 e. The van der Waals surface area contributed by atoms with Crippen molar-refractivity contribution in [2.24, 2.45) is 0 Å². The standard InChI is InChI=1S/C22H16N2O2/c25-14-15-2-1-3-16(10-15)19-5-7-22-23-20(13-24(22)12-19)17-4-6-21-18(11-17)8-9-26-21/h1-13,25H,14H2. The third kappa shape index (κ3) is 2.48. The molecule has 0 aliphatic heterocycles. The van der Waals surface area contributed by atoms with Crippen LogP contribution in [0, 0.1) is 0 Å². The van der Waals surface area contributed by atoms with Crippen LogP contribution in [0.4, 0.5) is 0 Å². The first-order valence-corrected chi connectivity index (χ1v) is 8.47. The van der Waals surface area contributed by atoms with E-state index in [0.717, 1.165) is 44.6 Å². The van der Waals surface area contributed by atoms with Crippen LogP contribution in [0.1, 0.15) is 5.56 Å². The fraction of sp³-hybridized carbons (Fsp3) is 0.0455. The van der Waals surface area contributed by atoms with Gasteiger partial charge in [0.1, 0.15) is 11.2 Å². The SMILES string of the molecule is OCc1cccc(-c2ccc3nc(-c4ccc5occc5c4)cn3c2)c1. The van der Waals surface area contributed by atoms with Gasteiger partial charge in [-0.25, -0.2) is 4.98 Å². The van der Waals surface area contributed by atoms with Crippen molar-refractivity contribution in [2.45, 2.75) is 6.61 Å². The summed E-state index contributed by atoms with van der Waals surface area (Å²) in [5.41, 5.74) is 6.83. The molecule has 0 saturated carbocycles. The molecule has 0 atom stereocenters. The van der Waals surface area contributed by atoms with Crippen LogP contribution in [0.3, 0.4) is 0 Å². The highest BCUT2D eigenvalue weighted by Gasteiger charge is 2.08. The number of hydrogen-bond acceptors (Lipinski definition) is 3.